The number of ether oxygens (including phenoxy) is 1. The molecule has 25 heavy (non-hydrogen) atoms. The molecule has 1 saturated heterocycles. The molecular formula is C15H21FN4O4S. The molecule has 1 fully saturated rings. The summed E-state index contributed by atoms with van der Waals surface area (Å²) in [6.07, 6.45) is 2.03. The first-order chi connectivity index (χ1) is 11.9. The molecule has 3 N–H and O–H groups in total. The first kappa shape index (κ1) is 19.3. The summed E-state index contributed by atoms with van der Waals surface area (Å²) in [6.45, 7) is 0.373. The number of rotatable bonds is 7. The monoisotopic (exact) mass is 372 g/mol. The van der Waals surface area contributed by atoms with Crippen molar-refractivity contribution in [2.75, 3.05) is 33.3 Å². The van der Waals surface area contributed by atoms with Gasteiger partial charge >= 0.3 is 0 Å². The zero-order valence-electron chi connectivity index (χ0n) is 13.8. The minimum atomic E-state index is -3.73. The number of carbonyl (C=O) groups excluding carboxylic acids is 1. The summed E-state index contributed by atoms with van der Waals surface area (Å²) in [5.74, 6) is -0.356. The molecule has 1 aromatic heterocycles. The Kier molecular flexibility index (Phi) is 6.45. The van der Waals surface area contributed by atoms with Gasteiger partial charge < -0.3 is 15.8 Å². The van der Waals surface area contributed by atoms with Crippen LogP contribution in [0.1, 0.15) is 6.42 Å². The fourth-order valence-corrected chi connectivity index (χ4v) is 3.87. The Bertz CT molecular complexity index is 736. The van der Waals surface area contributed by atoms with E-state index in [0.29, 0.717) is 12.8 Å². The Labute approximate surface area is 145 Å². The van der Waals surface area contributed by atoms with E-state index in [1.165, 1.54) is 29.7 Å². The van der Waals surface area contributed by atoms with Crippen LogP contribution in [-0.4, -0.2) is 56.9 Å². The lowest BCUT2D eigenvalue weighted by Gasteiger charge is -2.16. The average Bonchev–Trinajstić information content (AvgIpc) is 3.13. The lowest BCUT2D eigenvalue weighted by atomic mass is 10.1. The topological polar surface area (TPSA) is 115 Å². The van der Waals surface area contributed by atoms with Gasteiger partial charge in [-0.25, -0.2) is 17.8 Å². The summed E-state index contributed by atoms with van der Waals surface area (Å²) in [6, 6.07) is 2.76. The Morgan fingerprint density at radius 2 is 2.32 bits per heavy atom. The lowest BCUT2D eigenvalue weighted by Crippen LogP contribution is -2.33. The second-order valence-corrected chi connectivity index (χ2v) is 7.49. The summed E-state index contributed by atoms with van der Waals surface area (Å²) in [5, 5.41) is 2.53. The van der Waals surface area contributed by atoms with Crippen molar-refractivity contribution in [3.63, 3.8) is 0 Å². The summed E-state index contributed by atoms with van der Waals surface area (Å²) in [5.41, 5.74) is 5.58. The van der Waals surface area contributed by atoms with Crippen LogP contribution in [0.4, 0.5) is 4.39 Å². The molecule has 1 aliphatic heterocycles. The van der Waals surface area contributed by atoms with Gasteiger partial charge in [0.25, 0.3) is 0 Å². The minimum absolute atomic E-state index is 0.0116. The van der Waals surface area contributed by atoms with E-state index in [1.807, 2.05) is 0 Å². The van der Waals surface area contributed by atoms with Crippen molar-refractivity contribution in [3.05, 3.63) is 30.2 Å². The van der Waals surface area contributed by atoms with Crippen LogP contribution in [0.25, 0.3) is 0 Å². The van der Waals surface area contributed by atoms with E-state index in [-0.39, 0.29) is 54.4 Å². The third-order valence-electron chi connectivity index (χ3n) is 3.94. The van der Waals surface area contributed by atoms with Crippen LogP contribution in [0.2, 0.25) is 0 Å². The number of nitrogens with one attached hydrogen (secondary N) is 1. The van der Waals surface area contributed by atoms with Crippen LogP contribution in [0, 0.1) is 5.92 Å². The normalized spacial score (nSPS) is 19.0. The smallest absolute Gasteiger partial charge is 0.244 e. The van der Waals surface area contributed by atoms with Gasteiger partial charge in [-0.3, -0.25) is 4.79 Å². The highest BCUT2D eigenvalue weighted by atomic mass is 32.2. The van der Waals surface area contributed by atoms with Crippen LogP contribution < -0.4 is 15.8 Å². The zero-order chi connectivity index (χ0) is 18.4. The molecular weight excluding hydrogens is 351 g/mol. The highest BCUT2D eigenvalue weighted by molar-refractivity contribution is 7.89. The maximum absolute atomic E-state index is 12.6. The summed E-state index contributed by atoms with van der Waals surface area (Å²) < 4.78 is 44.1. The van der Waals surface area contributed by atoms with Crippen LogP contribution in [0.5, 0.6) is 5.88 Å². The summed E-state index contributed by atoms with van der Waals surface area (Å²) in [7, 11) is -2.20. The number of carbonyl (C=O) groups is 1. The molecule has 138 valence electrons. The second-order valence-electron chi connectivity index (χ2n) is 5.56. The molecule has 2 heterocycles. The van der Waals surface area contributed by atoms with E-state index in [4.69, 9.17) is 10.5 Å². The number of pyridine rings is 1. The van der Waals surface area contributed by atoms with Gasteiger partial charge in [0.1, 0.15) is 11.5 Å². The van der Waals surface area contributed by atoms with Crippen molar-refractivity contribution in [1.29, 1.82) is 0 Å². The molecule has 8 nitrogen and oxygen atoms in total. The summed E-state index contributed by atoms with van der Waals surface area (Å²) in [4.78, 5) is 15.6. The zero-order valence-corrected chi connectivity index (χ0v) is 14.6. The quantitative estimate of drug-likeness (QED) is 0.698. The third kappa shape index (κ3) is 4.53. The Hall–Kier alpha value is -2.04. The maximum atomic E-state index is 12.6. The molecule has 1 amide bonds. The SMILES string of the molecule is CNC(=O)[C@@H]1CCN(S(=O)(=O)c2ccc(OC/C(=C/F)CN)nc2)C1. The predicted octanol–water partition coefficient (Wildman–Crippen LogP) is 0.0291. The van der Waals surface area contributed by atoms with Crippen LogP contribution in [0.15, 0.2) is 35.1 Å². The Morgan fingerprint density at radius 1 is 1.56 bits per heavy atom. The van der Waals surface area contributed by atoms with Gasteiger partial charge in [0, 0.05) is 38.3 Å². The standard InChI is InChI=1S/C15H21FN4O4S/c1-18-15(21)12-4-5-20(9-12)25(22,23)13-2-3-14(19-8-13)24-10-11(6-16)7-17/h2-3,6,8,12H,4-5,7,9-10,17H2,1H3,(H,18,21)/b11-6+/t12-/m1/s1. The first-order valence-corrected chi connectivity index (χ1v) is 9.15. The molecule has 10 heteroatoms. The van der Waals surface area contributed by atoms with Gasteiger partial charge in [0.2, 0.25) is 21.8 Å². The maximum Gasteiger partial charge on any atom is 0.244 e. The number of hydrogen-bond donors (Lipinski definition) is 2. The number of hydrogen-bond acceptors (Lipinski definition) is 6. The van der Waals surface area contributed by atoms with Gasteiger partial charge in [-0.2, -0.15) is 4.31 Å². The fraction of sp³-hybridized carbons (Fsp3) is 0.467. The number of nitrogens with two attached hydrogens (primary N) is 1. The van der Waals surface area contributed by atoms with E-state index < -0.39 is 10.0 Å². The van der Waals surface area contributed by atoms with Crippen molar-refractivity contribution in [2.45, 2.75) is 11.3 Å². The fourth-order valence-electron chi connectivity index (χ4n) is 2.42. The van der Waals surface area contributed by atoms with Crippen molar-refractivity contribution < 1.29 is 22.3 Å². The Balaban J connectivity index is 2.04. The van der Waals surface area contributed by atoms with Gasteiger partial charge in [-0.15, -0.1) is 0 Å². The third-order valence-corrected chi connectivity index (χ3v) is 5.79. The van der Waals surface area contributed by atoms with Gasteiger partial charge in [-0.05, 0) is 12.5 Å². The molecule has 0 bridgehead atoms. The van der Waals surface area contributed by atoms with E-state index in [1.54, 1.807) is 0 Å². The first-order valence-electron chi connectivity index (χ1n) is 7.71. The minimum Gasteiger partial charge on any atom is -0.473 e. The molecule has 0 unspecified atom stereocenters. The molecule has 0 aliphatic carbocycles. The van der Waals surface area contributed by atoms with Crippen LogP contribution in [-0.2, 0) is 14.8 Å². The molecule has 0 saturated carbocycles. The number of sulfonamides is 1. The van der Waals surface area contributed by atoms with E-state index in [9.17, 15) is 17.6 Å². The molecule has 1 aliphatic rings. The second kappa shape index (κ2) is 8.37. The van der Waals surface area contributed by atoms with E-state index >= 15 is 0 Å². The van der Waals surface area contributed by atoms with E-state index in [2.05, 4.69) is 10.3 Å². The Morgan fingerprint density at radius 3 is 2.88 bits per heavy atom. The van der Waals surface area contributed by atoms with Crippen LogP contribution in [0.3, 0.4) is 0 Å². The average molecular weight is 372 g/mol. The van der Waals surface area contributed by atoms with Gasteiger partial charge in [0.15, 0.2) is 0 Å². The van der Waals surface area contributed by atoms with E-state index in [0.717, 1.165) is 0 Å². The number of halogens is 1. The molecule has 1 aromatic rings. The van der Waals surface area contributed by atoms with Gasteiger partial charge in [0.05, 0.1) is 18.4 Å². The van der Waals surface area contributed by atoms with Crippen molar-refractivity contribution in [2.24, 2.45) is 11.7 Å². The number of amides is 1. The van der Waals surface area contributed by atoms with Crippen LogP contribution >= 0.6 is 0 Å². The highest BCUT2D eigenvalue weighted by Crippen LogP contribution is 2.24. The van der Waals surface area contributed by atoms with Crippen molar-refractivity contribution in [3.8, 4) is 5.88 Å². The summed E-state index contributed by atoms with van der Waals surface area (Å²) >= 11 is 0. The molecule has 0 spiro atoms. The van der Waals surface area contributed by atoms with Crippen molar-refractivity contribution >= 4 is 15.9 Å². The van der Waals surface area contributed by atoms with Gasteiger partial charge in [-0.1, -0.05) is 0 Å². The molecule has 0 aromatic carbocycles. The number of nitrogens with zero attached hydrogens (tertiary/aromatic N) is 2. The number of aromatic nitrogens is 1. The largest absolute Gasteiger partial charge is 0.473 e. The molecule has 0 radical (unpaired) electrons. The molecule has 1 atom stereocenters. The molecule has 2 rings (SSSR count). The van der Waals surface area contributed by atoms with Crippen molar-refractivity contribution in [1.82, 2.24) is 14.6 Å². The lowest BCUT2D eigenvalue weighted by molar-refractivity contribution is -0.123. The predicted molar refractivity (Wildman–Crippen MR) is 88.9 cm³/mol. The highest BCUT2D eigenvalue weighted by Gasteiger charge is 2.35.